The van der Waals surface area contributed by atoms with Gasteiger partial charge in [-0.15, -0.1) is 0 Å². The van der Waals surface area contributed by atoms with Crippen LogP contribution in [0.5, 0.6) is 0 Å². The molecule has 0 amide bonds. The van der Waals surface area contributed by atoms with E-state index in [-0.39, 0.29) is 6.10 Å². The summed E-state index contributed by atoms with van der Waals surface area (Å²) in [5.74, 6) is 0. The molecule has 11 heavy (non-hydrogen) atoms. The lowest BCUT2D eigenvalue weighted by molar-refractivity contribution is -0.232. The molecule has 1 saturated heterocycles. The third-order valence-electron chi connectivity index (χ3n) is 2.55. The van der Waals surface area contributed by atoms with Gasteiger partial charge in [0.2, 0.25) is 0 Å². The van der Waals surface area contributed by atoms with E-state index in [9.17, 15) is 5.11 Å². The summed E-state index contributed by atoms with van der Waals surface area (Å²) in [7, 11) is 0. The molecule has 0 aromatic carbocycles. The van der Waals surface area contributed by atoms with Crippen molar-refractivity contribution in [1.29, 1.82) is 0 Å². The Labute approximate surface area is 68.6 Å². The van der Waals surface area contributed by atoms with Crippen molar-refractivity contribution in [2.45, 2.75) is 51.2 Å². The van der Waals surface area contributed by atoms with Crippen LogP contribution in [0.1, 0.15) is 39.5 Å². The first-order valence-corrected chi connectivity index (χ1v) is 4.53. The zero-order valence-corrected chi connectivity index (χ0v) is 7.47. The molecule has 2 heteroatoms. The van der Waals surface area contributed by atoms with Crippen LogP contribution >= 0.6 is 0 Å². The number of unbranched alkanes of at least 4 members (excludes halogenated alkanes) is 2. The molecule has 2 atom stereocenters. The summed E-state index contributed by atoms with van der Waals surface area (Å²) in [6.45, 7) is 4.65. The van der Waals surface area contributed by atoms with E-state index in [4.69, 9.17) is 4.74 Å². The largest absolute Gasteiger partial charge is 0.385 e. The van der Waals surface area contributed by atoms with Gasteiger partial charge < -0.3 is 9.84 Å². The summed E-state index contributed by atoms with van der Waals surface area (Å²) < 4.78 is 5.13. The van der Waals surface area contributed by atoms with E-state index in [1.807, 2.05) is 6.92 Å². The molecule has 2 nitrogen and oxygen atoms in total. The number of hydrogen-bond donors (Lipinski definition) is 1. The van der Waals surface area contributed by atoms with Gasteiger partial charge in [-0.05, 0) is 13.3 Å². The third kappa shape index (κ3) is 1.94. The van der Waals surface area contributed by atoms with Crippen LogP contribution in [0.3, 0.4) is 0 Å². The smallest absolute Gasteiger partial charge is 0.114 e. The number of aliphatic hydroxyl groups is 1. The summed E-state index contributed by atoms with van der Waals surface area (Å²) >= 11 is 0. The minimum Gasteiger partial charge on any atom is -0.385 e. The molecular formula is C9H18O2. The van der Waals surface area contributed by atoms with Gasteiger partial charge in [-0.3, -0.25) is 0 Å². The van der Waals surface area contributed by atoms with Crippen molar-refractivity contribution in [2.75, 3.05) is 6.61 Å². The molecule has 1 N–H and O–H groups in total. The molecule has 0 radical (unpaired) electrons. The Morgan fingerprint density at radius 2 is 2.27 bits per heavy atom. The maximum absolute atomic E-state index is 9.78. The Balaban J connectivity index is 2.14. The number of rotatable bonds is 4. The SMILES string of the molecule is CCCCCC1(O)COC1C. The van der Waals surface area contributed by atoms with Crippen LogP contribution in [0.25, 0.3) is 0 Å². The van der Waals surface area contributed by atoms with Crippen molar-refractivity contribution in [3.05, 3.63) is 0 Å². The van der Waals surface area contributed by atoms with Crippen LogP contribution in [-0.2, 0) is 4.74 Å². The average Bonchev–Trinajstić information content (AvgIpc) is 2.02. The first-order valence-electron chi connectivity index (χ1n) is 4.53. The van der Waals surface area contributed by atoms with Crippen LogP contribution < -0.4 is 0 Å². The summed E-state index contributed by atoms with van der Waals surface area (Å²) in [5.41, 5.74) is -0.491. The highest BCUT2D eigenvalue weighted by atomic mass is 16.6. The van der Waals surface area contributed by atoms with E-state index in [0.717, 1.165) is 12.8 Å². The zero-order valence-electron chi connectivity index (χ0n) is 7.47. The molecule has 0 aromatic heterocycles. The second-order valence-corrected chi connectivity index (χ2v) is 3.51. The van der Waals surface area contributed by atoms with Gasteiger partial charge in [-0.2, -0.15) is 0 Å². The van der Waals surface area contributed by atoms with Gasteiger partial charge in [0.15, 0.2) is 0 Å². The van der Waals surface area contributed by atoms with E-state index >= 15 is 0 Å². The molecule has 0 saturated carbocycles. The minimum atomic E-state index is -0.491. The van der Waals surface area contributed by atoms with Crippen molar-refractivity contribution in [1.82, 2.24) is 0 Å². The Bertz CT molecular complexity index is 125. The monoisotopic (exact) mass is 158 g/mol. The first-order chi connectivity index (χ1) is 5.19. The lowest BCUT2D eigenvalue weighted by Gasteiger charge is -2.43. The van der Waals surface area contributed by atoms with Gasteiger partial charge in [0, 0.05) is 0 Å². The molecule has 1 aliphatic heterocycles. The average molecular weight is 158 g/mol. The molecule has 0 aromatic rings. The molecule has 0 spiro atoms. The van der Waals surface area contributed by atoms with Crippen LogP contribution in [0.4, 0.5) is 0 Å². The molecule has 0 aliphatic carbocycles. The Morgan fingerprint density at radius 1 is 1.55 bits per heavy atom. The maximum atomic E-state index is 9.78. The number of hydrogen-bond acceptors (Lipinski definition) is 2. The van der Waals surface area contributed by atoms with Crippen molar-refractivity contribution < 1.29 is 9.84 Å². The summed E-state index contributed by atoms with van der Waals surface area (Å²) in [6.07, 6.45) is 4.52. The maximum Gasteiger partial charge on any atom is 0.114 e. The molecule has 66 valence electrons. The summed E-state index contributed by atoms with van der Waals surface area (Å²) in [4.78, 5) is 0. The van der Waals surface area contributed by atoms with Crippen LogP contribution in [0, 0.1) is 0 Å². The van der Waals surface area contributed by atoms with Gasteiger partial charge in [0.25, 0.3) is 0 Å². The van der Waals surface area contributed by atoms with E-state index in [1.165, 1.54) is 12.8 Å². The third-order valence-corrected chi connectivity index (χ3v) is 2.55. The molecule has 2 unspecified atom stereocenters. The van der Waals surface area contributed by atoms with Crippen LogP contribution in [0.2, 0.25) is 0 Å². The predicted octanol–water partition coefficient (Wildman–Crippen LogP) is 1.72. The molecule has 1 aliphatic rings. The lowest BCUT2D eigenvalue weighted by Crippen LogP contribution is -2.56. The zero-order chi connectivity index (χ0) is 8.32. The normalized spacial score (nSPS) is 36.8. The van der Waals surface area contributed by atoms with E-state index in [0.29, 0.717) is 6.61 Å². The predicted molar refractivity (Wildman–Crippen MR) is 44.5 cm³/mol. The fraction of sp³-hybridized carbons (Fsp3) is 1.00. The summed E-state index contributed by atoms with van der Waals surface area (Å²) in [5, 5.41) is 9.78. The Hall–Kier alpha value is -0.0800. The van der Waals surface area contributed by atoms with Crippen LogP contribution in [0.15, 0.2) is 0 Å². The van der Waals surface area contributed by atoms with Crippen LogP contribution in [-0.4, -0.2) is 23.4 Å². The second-order valence-electron chi connectivity index (χ2n) is 3.51. The molecule has 1 fully saturated rings. The van der Waals surface area contributed by atoms with Gasteiger partial charge in [-0.1, -0.05) is 26.2 Å². The fourth-order valence-electron chi connectivity index (χ4n) is 1.40. The van der Waals surface area contributed by atoms with Crippen molar-refractivity contribution in [2.24, 2.45) is 0 Å². The molecule has 1 heterocycles. The highest BCUT2D eigenvalue weighted by Crippen LogP contribution is 2.30. The topological polar surface area (TPSA) is 29.5 Å². The van der Waals surface area contributed by atoms with E-state index < -0.39 is 5.60 Å². The quantitative estimate of drug-likeness (QED) is 0.631. The Morgan fingerprint density at radius 3 is 2.64 bits per heavy atom. The van der Waals surface area contributed by atoms with Gasteiger partial charge in [0.05, 0.1) is 12.7 Å². The van der Waals surface area contributed by atoms with Gasteiger partial charge in [-0.25, -0.2) is 0 Å². The van der Waals surface area contributed by atoms with Gasteiger partial charge >= 0.3 is 0 Å². The highest BCUT2D eigenvalue weighted by Gasteiger charge is 2.42. The van der Waals surface area contributed by atoms with Crippen molar-refractivity contribution in [3.8, 4) is 0 Å². The van der Waals surface area contributed by atoms with Crippen molar-refractivity contribution in [3.63, 3.8) is 0 Å². The van der Waals surface area contributed by atoms with Gasteiger partial charge in [0.1, 0.15) is 5.60 Å². The minimum absolute atomic E-state index is 0.0550. The van der Waals surface area contributed by atoms with Crippen molar-refractivity contribution >= 4 is 0 Å². The summed E-state index contributed by atoms with van der Waals surface area (Å²) in [6, 6.07) is 0. The molecular weight excluding hydrogens is 140 g/mol. The van der Waals surface area contributed by atoms with E-state index in [1.54, 1.807) is 0 Å². The standard InChI is InChI=1S/C9H18O2/c1-3-4-5-6-9(10)7-11-8(9)2/h8,10H,3-7H2,1-2H3. The fourth-order valence-corrected chi connectivity index (χ4v) is 1.40. The van der Waals surface area contributed by atoms with E-state index in [2.05, 4.69) is 6.92 Å². The number of ether oxygens (including phenoxy) is 1. The lowest BCUT2D eigenvalue weighted by atomic mass is 9.87. The Kier molecular flexibility index (Phi) is 2.90. The first kappa shape index (κ1) is 9.01. The molecule has 1 rings (SSSR count). The highest BCUT2D eigenvalue weighted by molar-refractivity contribution is 4.92. The molecule has 0 bridgehead atoms. The second kappa shape index (κ2) is 3.55.